The summed E-state index contributed by atoms with van der Waals surface area (Å²) in [6, 6.07) is 4.17. The highest BCUT2D eigenvalue weighted by Gasteiger charge is 2.13. The van der Waals surface area contributed by atoms with Crippen LogP contribution in [-0.2, 0) is 0 Å². The molecule has 0 atom stereocenters. The van der Waals surface area contributed by atoms with E-state index >= 15 is 0 Å². The quantitative estimate of drug-likeness (QED) is 0.728. The van der Waals surface area contributed by atoms with Crippen LogP contribution in [0.15, 0.2) is 12.3 Å². The standard InChI is InChI=1S/C13H13N3/c1-7-8(2)12-10(4-5-16-13(12)15)9(3)11(7)6-14/h4-5H,1-3H3,(H2,15,16). The van der Waals surface area contributed by atoms with Gasteiger partial charge in [0.15, 0.2) is 0 Å². The van der Waals surface area contributed by atoms with Crippen LogP contribution in [0.25, 0.3) is 10.8 Å². The van der Waals surface area contributed by atoms with Crippen LogP contribution in [0.1, 0.15) is 22.3 Å². The molecule has 1 aromatic heterocycles. The van der Waals surface area contributed by atoms with Gasteiger partial charge in [0, 0.05) is 11.6 Å². The van der Waals surface area contributed by atoms with E-state index in [-0.39, 0.29) is 0 Å². The van der Waals surface area contributed by atoms with Crippen LogP contribution < -0.4 is 5.73 Å². The third-order valence-corrected chi connectivity index (χ3v) is 3.18. The van der Waals surface area contributed by atoms with E-state index in [0.29, 0.717) is 5.82 Å². The molecule has 1 aromatic carbocycles. The molecular formula is C13H13N3. The maximum atomic E-state index is 9.16. The Morgan fingerprint density at radius 1 is 1.19 bits per heavy atom. The summed E-state index contributed by atoms with van der Waals surface area (Å²) >= 11 is 0. The summed E-state index contributed by atoms with van der Waals surface area (Å²) in [5.74, 6) is 0.533. The number of nitrogens with two attached hydrogens (primary N) is 1. The summed E-state index contributed by atoms with van der Waals surface area (Å²) < 4.78 is 0. The van der Waals surface area contributed by atoms with E-state index in [4.69, 9.17) is 11.0 Å². The Bertz CT molecular complexity index is 621. The molecule has 0 aliphatic carbocycles. The van der Waals surface area contributed by atoms with Gasteiger partial charge in [-0.05, 0) is 48.9 Å². The molecule has 0 saturated carbocycles. The molecule has 0 fully saturated rings. The molecule has 1 heterocycles. The Labute approximate surface area is 94.5 Å². The number of fused-ring (bicyclic) bond motifs is 1. The number of rotatable bonds is 0. The molecule has 2 N–H and O–H groups in total. The second kappa shape index (κ2) is 3.49. The zero-order chi connectivity index (χ0) is 11.9. The predicted molar refractivity (Wildman–Crippen MR) is 65.1 cm³/mol. The molecule has 0 saturated heterocycles. The number of benzene rings is 1. The normalized spacial score (nSPS) is 10.4. The molecule has 0 spiro atoms. The van der Waals surface area contributed by atoms with E-state index in [1.54, 1.807) is 6.20 Å². The number of hydrogen-bond acceptors (Lipinski definition) is 3. The molecule has 0 amide bonds. The Hall–Kier alpha value is -2.08. The van der Waals surface area contributed by atoms with Crippen molar-refractivity contribution in [3.05, 3.63) is 34.5 Å². The molecule has 3 heteroatoms. The van der Waals surface area contributed by atoms with Crippen molar-refractivity contribution in [1.82, 2.24) is 4.98 Å². The van der Waals surface area contributed by atoms with Crippen molar-refractivity contribution in [2.45, 2.75) is 20.8 Å². The lowest BCUT2D eigenvalue weighted by Crippen LogP contribution is -1.99. The maximum Gasteiger partial charge on any atom is 0.131 e. The first kappa shape index (κ1) is 10.4. The molecule has 2 aromatic rings. The number of nitriles is 1. The van der Waals surface area contributed by atoms with E-state index < -0.39 is 0 Å². The van der Waals surface area contributed by atoms with Gasteiger partial charge >= 0.3 is 0 Å². The third kappa shape index (κ3) is 1.24. The monoisotopic (exact) mass is 211 g/mol. The number of pyridine rings is 1. The van der Waals surface area contributed by atoms with Crippen molar-refractivity contribution in [1.29, 1.82) is 5.26 Å². The summed E-state index contributed by atoms with van der Waals surface area (Å²) in [6.45, 7) is 5.88. The first-order valence-electron chi connectivity index (χ1n) is 5.12. The average molecular weight is 211 g/mol. The van der Waals surface area contributed by atoms with Crippen molar-refractivity contribution < 1.29 is 0 Å². The van der Waals surface area contributed by atoms with Crippen LogP contribution in [0, 0.1) is 32.1 Å². The van der Waals surface area contributed by atoms with Gasteiger partial charge in [-0.15, -0.1) is 0 Å². The Morgan fingerprint density at radius 2 is 1.88 bits per heavy atom. The highest BCUT2D eigenvalue weighted by atomic mass is 14.8. The second-order valence-corrected chi connectivity index (χ2v) is 3.98. The Balaban J connectivity index is 3.09. The zero-order valence-electron chi connectivity index (χ0n) is 9.63. The smallest absolute Gasteiger partial charge is 0.131 e. The highest BCUT2D eigenvalue weighted by Crippen LogP contribution is 2.31. The van der Waals surface area contributed by atoms with Crippen molar-refractivity contribution in [2.75, 3.05) is 5.73 Å². The number of aryl methyl sites for hydroxylation is 2. The topological polar surface area (TPSA) is 62.7 Å². The SMILES string of the molecule is Cc1c(C#N)c(C)c2ccnc(N)c2c1C. The minimum Gasteiger partial charge on any atom is -0.383 e. The predicted octanol–water partition coefficient (Wildman–Crippen LogP) is 2.61. The average Bonchev–Trinajstić information content (AvgIpc) is 2.27. The fourth-order valence-corrected chi connectivity index (χ4v) is 2.14. The summed E-state index contributed by atoms with van der Waals surface area (Å²) in [4.78, 5) is 4.10. The van der Waals surface area contributed by atoms with Crippen molar-refractivity contribution in [3.63, 3.8) is 0 Å². The molecule has 3 nitrogen and oxygen atoms in total. The van der Waals surface area contributed by atoms with Crippen LogP contribution in [0.5, 0.6) is 0 Å². The van der Waals surface area contributed by atoms with Gasteiger partial charge in [0.2, 0.25) is 0 Å². The van der Waals surface area contributed by atoms with Gasteiger partial charge in [0.25, 0.3) is 0 Å². The number of nitrogens with zero attached hydrogens (tertiary/aromatic N) is 2. The van der Waals surface area contributed by atoms with E-state index in [9.17, 15) is 0 Å². The van der Waals surface area contributed by atoms with Crippen molar-refractivity contribution >= 4 is 16.6 Å². The summed E-state index contributed by atoms with van der Waals surface area (Å²) in [5, 5.41) is 11.1. The van der Waals surface area contributed by atoms with Crippen molar-refractivity contribution in [2.24, 2.45) is 0 Å². The van der Waals surface area contributed by atoms with Gasteiger partial charge in [0.05, 0.1) is 11.6 Å². The van der Waals surface area contributed by atoms with Gasteiger partial charge in [-0.1, -0.05) is 0 Å². The van der Waals surface area contributed by atoms with Crippen LogP contribution >= 0.6 is 0 Å². The minimum atomic E-state index is 0.533. The Morgan fingerprint density at radius 3 is 2.50 bits per heavy atom. The van der Waals surface area contributed by atoms with Crippen LogP contribution in [0.3, 0.4) is 0 Å². The summed E-state index contributed by atoms with van der Waals surface area (Å²) in [7, 11) is 0. The molecule has 80 valence electrons. The molecule has 0 unspecified atom stereocenters. The van der Waals surface area contributed by atoms with Gasteiger partial charge in [-0.3, -0.25) is 0 Å². The molecular weight excluding hydrogens is 198 g/mol. The number of aromatic nitrogens is 1. The molecule has 0 aliphatic heterocycles. The van der Waals surface area contributed by atoms with E-state index in [1.807, 2.05) is 26.8 Å². The molecule has 0 bridgehead atoms. The lowest BCUT2D eigenvalue weighted by Gasteiger charge is -2.13. The molecule has 0 aliphatic rings. The fraction of sp³-hybridized carbons (Fsp3) is 0.231. The summed E-state index contributed by atoms with van der Waals surface area (Å²) in [5.41, 5.74) is 9.66. The first-order valence-corrected chi connectivity index (χ1v) is 5.12. The van der Waals surface area contributed by atoms with Gasteiger partial charge in [-0.25, -0.2) is 4.98 Å². The Kier molecular flexibility index (Phi) is 2.28. The maximum absolute atomic E-state index is 9.16. The molecule has 2 rings (SSSR count). The van der Waals surface area contributed by atoms with Gasteiger partial charge in [0.1, 0.15) is 5.82 Å². The van der Waals surface area contributed by atoms with Crippen LogP contribution in [0.2, 0.25) is 0 Å². The largest absolute Gasteiger partial charge is 0.383 e. The zero-order valence-corrected chi connectivity index (χ0v) is 9.63. The van der Waals surface area contributed by atoms with E-state index in [0.717, 1.165) is 33.0 Å². The van der Waals surface area contributed by atoms with E-state index in [1.165, 1.54) is 0 Å². The van der Waals surface area contributed by atoms with Crippen LogP contribution in [0.4, 0.5) is 5.82 Å². The lowest BCUT2D eigenvalue weighted by atomic mass is 9.92. The summed E-state index contributed by atoms with van der Waals surface area (Å²) in [6.07, 6.45) is 1.68. The fourth-order valence-electron chi connectivity index (χ4n) is 2.14. The molecule has 16 heavy (non-hydrogen) atoms. The number of hydrogen-bond donors (Lipinski definition) is 1. The highest BCUT2D eigenvalue weighted by molar-refractivity contribution is 5.97. The second-order valence-electron chi connectivity index (χ2n) is 3.98. The first-order chi connectivity index (χ1) is 7.57. The third-order valence-electron chi connectivity index (χ3n) is 3.18. The van der Waals surface area contributed by atoms with Crippen molar-refractivity contribution in [3.8, 4) is 6.07 Å². The molecule has 0 radical (unpaired) electrons. The minimum absolute atomic E-state index is 0.533. The van der Waals surface area contributed by atoms with E-state index in [2.05, 4.69) is 11.1 Å². The van der Waals surface area contributed by atoms with Gasteiger partial charge in [-0.2, -0.15) is 5.26 Å². The number of anilines is 1. The van der Waals surface area contributed by atoms with Crippen LogP contribution in [-0.4, -0.2) is 4.98 Å². The van der Waals surface area contributed by atoms with Gasteiger partial charge < -0.3 is 5.73 Å². The number of nitrogen functional groups attached to an aromatic ring is 1. The lowest BCUT2D eigenvalue weighted by molar-refractivity contribution is 1.28.